The Bertz CT molecular complexity index is 1430. The number of likely N-dealkylation sites (tertiary alicyclic amines) is 1. The Balaban J connectivity index is 1.27. The summed E-state index contributed by atoms with van der Waals surface area (Å²) < 4.78 is 24.4. The van der Waals surface area contributed by atoms with Crippen molar-refractivity contribution < 1.29 is 33.0 Å². The number of alkyl carbamates (subject to hydrolysis) is 1. The SMILES string of the molecule is CCOC(=O)c1cc2nc(NC(=O)[C@@H]3[C@H](C4CCCCC4)CCN3C(=O)[C@H]3CC[C@H]([C@@H](CF)NC(=O)OC(C)(C)C)CC3)ccc2[nH]1. The first kappa shape index (κ1) is 34.6. The zero-order chi connectivity index (χ0) is 33.7. The smallest absolute Gasteiger partial charge is 0.407 e. The van der Waals surface area contributed by atoms with E-state index in [0.717, 1.165) is 32.1 Å². The summed E-state index contributed by atoms with van der Waals surface area (Å²) in [7, 11) is 0. The summed E-state index contributed by atoms with van der Waals surface area (Å²) in [6.07, 6.45) is 8.07. The molecule has 258 valence electrons. The second-order valence-electron chi connectivity index (χ2n) is 14.4. The predicted octanol–water partition coefficient (Wildman–Crippen LogP) is 6.14. The monoisotopic (exact) mass is 655 g/mol. The molecule has 11 nitrogen and oxygen atoms in total. The van der Waals surface area contributed by atoms with Crippen LogP contribution in [0.1, 0.15) is 102 Å². The molecule has 3 atom stereocenters. The molecule has 0 unspecified atom stereocenters. The molecule has 3 heterocycles. The summed E-state index contributed by atoms with van der Waals surface area (Å²) >= 11 is 0. The van der Waals surface area contributed by atoms with Gasteiger partial charge in [0.2, 0.25) is 11.8 Å². The molecule has 2 aliphatic carbocycles. The molecule has 2 saturated carbocycles. The Morgan fingerprint density at radius 3 is 2.43 bits per heavy atom. The molecule has 0 aromatic carbocycles. The molecule has 1 aliphatic heterocycles. The van der Waals surface area contributed by atoms with Gasteiger partial charge in [0.05, 0.1) is 23.7 Å². The van der Waals surface area contributed by atoms with E-state index >= 15 is 0 Å². The van der Waals surface area contributed by atoms with E-state index in [-0.39, 0.29) is 41.9 Å². The zero-order valence-electron chi connectivity index (χ0n) is 28.1. The number of aromatic nitrogens is 2. The van der Waals surface area contributed by atoms with Gasteiger partial charge in [-0.15, -0.1) is 0 Å². The second kappa shape index (κ2) is 15.0. The molecular weight excluding hydrogens is 605 g/mol. The average molecular weight is 656 g/mol. The zero-order valence-corrected chi connectivity index (χ0v) is 28.1. The summed E-state index contributed by atoms with van der Waals surface area (Å²) in [6, 6.07) is 3.79. The minimum Gasteiger partial charge on any atom is -0.461 e. The minimum atomic E-state index is -0.702. The highest BCUT2D eigenvalue weighted by molar-refractivity contribution is 5.99. The number of nitrogens with zero attached hydrogens (tertiary/aromatic N) is 2. The van der Waals surface area contributed by atoms with Gasteiger partial charge in [-0.3, -0.25) is 9.59 Å². The number of hydrogen-bond donors (Lipinski definition) is 3. The quantitative estimate of drug-likeness (QED) is 0.275. The fraction of sp³-hybridized carbons (Fsp3) is 0.686. The van der Waals surface area contributed by atoms with Crippen molar-refractivity contribution in [3.05, 3.63) is 23.9 Å². The van der Waals surface area contributed by atoms with Crippen LogP contribution in [0.4, 0.5) is 15.0 Å². The molecule has 0 radical (unpaired) electrons. The highest BCUT2D eigenvalue weighted by Crippen LogP contribution is 2.41. The number of esters is 1. The third-order valence-corrected chi connectivity index (χ3v) is 10.0. The Hall–Kier alpha value is -3.70. The van der Waals surface area contributed by atoms with Crippen LogP contribution in [-0.4, -0.2) is 76.3 Å². The van der Waals surface area contributed by atoms with Crippen molar-refractivity contribution in [3.8, 4) is 0 Å². The van der Waals surface area contributed by atoms with E-state index in [9.17, 15) is 23.6 Å². The lowest BCUT2D eigenvalue weighted by Crippen LogP contribution is -2.50. The van der Waals surface area contributed by atoms with E-state index in [1.807, 2.05) is 0 Å². The van der Waals surface area contributed by atoms with E-state index in [0.29, 0.717) is 55.0 Å². The van der Waals surface area contributed by atoms with Crippen LogP contribution in [0.2, 0.25) is 0 Å². The maximum atomic E-state index is 14.1. The summed E-state index contributed by atoms with van der Waals surface area (Å²) in [5.74, 6) is -0.291. The first-order valence-electron chi connectivity index (χ1n) is 17.3. The third kappa shape index (κ3) is 8.43. The number of H-pyrrole nitrogens is 1. The van der Waals surface area contributed by atoms with E-state index in [1.165, 1.54) is 6.42 Å². The molecule has 1 saturated heterocycles. The summed E-state index contributed by atoms with van der Waals surface area (Å²) in [6.45, 7) is 7.11. The number of ether oxygens (including phenoxy) is 2. The molecule has 5 rings (SSSR count). The number of alkyl halides is 1. The first-order valence-corrected chi connectivity index (χ1v) is 17.3. The standard InChI is InChI=1S/C35H50FN5O6/c1-5-46-33(44)27-19-26-25(37-27)15-16-29(38-26)40-31(42)30-24(21-9-7-6-8-10-21)17-18-41(30)32(43)23-13-11-22(12-14-23)28(20-36)39-34(45)47-35(2,3)4/h15-16,19,21-24,28,30,37H,5-14,17-18,20H2,1-4H3,(H,39,45)(H,38,40,42)/t22-,23-,24-,28+,30-/m0/s1. The second-order valence-corrected chi connectivity index (χ2v) is 14.4. The van der Waals surface area contributed by atoms with Crippen LogP contribution in [0.3, 0.4) is 0 Å². The fourth-order valence-corrected chi connectivity index (χ4v) is 7.80. The topological polar surface area (TPSA) is 143 Å². The van der Waals surface area contributed by atoms with Crippen LogP contribution < -0.4 is 10.6 Å². The number of carbonyl (C=O) groups is 4. The van der Waals surface area contributed by atoms with Gasteiger partial charge >= 0.3 is 12.1 Å². The lowest BCUT2D eigenvalue weighted by Gasteiger charge is -2.37. The third-order valence-electron chi connectivity index (χ3n) is 10.0. The van der Waals surface area contributed by atoms with Gasteiger partial charge in [0.1, 0.15) is 29.8 Å². The van der Waals surface area contributed by atoms with Gasteiger partial charge in [-0.1, -0.05) is 32.1 Å². The summed E-state index contributed by atoms with van der Waals surface area (Å²) in [4.78, 5) is 62.0. The fourth-order valence-electron chi connectivity index (χ4n) is 7.80. The number of hydrogen-bond acceptors (Lipinski definition) is 7. The molecule has 12 heteroatoms. The Kier molecular flexibility index (Phi) is 11.1. The Labute approximate surface area is 276 Å². The number of halogens is 1. The van der Waals surface area contributed by atoms with E-state index < -0.39 is 36.4 Å². The number of pyridine rings is 1. The van der Waals surface area contributed by atoms with Gasteiger partial charge in [-0.05, 0) is 95.8 Å². The number of carbonyl (C=O) groups excluding carboxylic acids is 4. The number of aromatic amines is 1. The maximum Gasteiger partial charge on any atom is 0.407 e. The van der Waals surface area contributed by atoms with Crippen molar-refractivity contribution in [2.75, 3.05) is 25.1 Å². The number of rotatable bonds is 9. The summed E-state index contributed by atoms with van der Waals surface area (Å²) in [5.41, 5.74) is 0.784. The molecule has 3 fully saturated rings. The van der Waals surface area contributed by atoms with Crippen LogP contribution in [-0.2, 0) is 19.1 Å². The molecule has 3 N–H and O–H groups in total. The molecule has 0 spiro atoms. The van der Waals surface area contributed by atoms with Gasteiger partial charge < -0.3 is 30.0 Å². The number of amides is 3. The van der Waals surface area contributed by atoms with Gasteiger partial charge in [0, 0.05) is 12.5 Å². The first-order chi connectivity index (χ1) is 22.5. The lowest BCUT2D eigenvalue weighted by molar-refractivity contribution is -0.142. The van der Waals surface area contributed by atoms with E-state index in [4.69, 9.17) is 9.47 Å². The highest BCUT2D eigenvalue weighted by Gasteiger charge is 2.47. The lowest BCUT2D eigenvalue weighted by atomic mass is 9.76. The Morgan fingerprint density at radius 2 is 1.77 bits per heavy atom. The van der Waals surface area contributed by atoms with Gasteiger partial charge in [0.25, 0.3) is 0 Å². The van der Waals surface area contributed by atoms with E-state index in [1.54, 1.807) is 50.8 Å². The average Bonchev–Trinajstić information content (AvgIpc) is 3.68. The number of nitrogens with one attached hydrogen (secondary N) is 3. The normalized spacial score (nSPS) is 24.5. The predicted molar refractivity (Wildman–Crippen MR) is 175 cm³/mol. The molecule has 47 heavy (non-hydrogen) atoms. The minimum absolute atomic E-state index is 0.0214. The number of fused-ring (bicyclic) bond motifs is 1. The van der Waals surface area contributed by atoms with E-state index in [2.05, 4.69) is 20.6 Å². The van der Waals surface area contributed by atoms with Crippen molar-refractivity contribution in [2.45, 2.75) is 110 Å². The molecule has 3 aliphatic rings. The van der Waals surface area contributed by atoms with Gasteiger partial charge in [0.15, 0.2) is 0 Å². The molecule has 0 bridgehead atoms. The van der Waals surface area contributed by atoms with Crippen molar-refractivity contribution in [1.29, 1.82) is 0 Å². The van der Waals surface area contributed by atoms with Crippen LogP contribution in [0.15, 0.2) is 18.2 Å². The van der Waals surface area contributed by atoms with Gasteiger partial charge in [-0.25, -0.2) is 19.0 Å². The number of anilines is 1. The van der Waals surface area contributed by atoms with Crippen molar-refractivity contribution in [3.63, 3.8) is 0 Å². The Morgan fingerprint density at radius 1 is 1.04 bits per heavy atom. The largest absolute Gasteiger partial charge is 0.461 e. The molecule has 3 amide bonds. The van der Waals surface area contributed by atoms with Crippen LogP contribution in [0, 0.1) is 23.7 Å². The molecular formula is C35H50FN5O6. The summed E-state index contributed by atoms with van der Waals surface area (Å²) in [5, 5.41) is 5.68. The van der Waals surface area contributed by atoms with Crippen molar-refractivity contribution >= 4 is 40.7 Å². The van der Waals surface area contributed by atoms with Crippen molar-refractivity contribution in [2.24, 2.45) is 23.7 Å². The van der Waals surface area contributed by atoms with Crippen molar-refractivity contribution in [1.82, 2.24) is 20.2 Å². The van der Waals surface area contributed by atoms with Crippen LogP contribution in [0.25, 0.3) is 11.0 Å². The maximum absolute atomic E-state index is 14.1. The highest BCUT2D eigenvalue weighted by atomic mass is 19.1. The molecule has 2 aromatic rings. The van der Waals surface area contributed by atoms with Crippen LogP contribution >= 0.6 is 0 Å². The van der Waals surface area contributed by atoms with Crippen LogP contribution in [0.5, 0.6) is 0 Å². The molecule has 2 aromatic heterocycles. The van der Waals surface area contributed by atoms with Gasteiger partial charge in [-0.2, -0.15) is 0 Å².